The van der Waals surface area contributed by atoms with E-state index < -0.39 is 0 Å². The lowest BCUT2D eigenvalue weighted by Crippen LogP contribution is -2.37. The SMILES string of the molecule is COc1cccc(CC(=O)NC2CC(C)(C)Cc3nc(-c4ccncc4)ncc32)c1. The molecule has 30 heavy (non-hydrogen) atoms. The zero-order chi connectivity index (χ0) is 21.1. The number of hydrogen-bond acceptors (Lipinski definition) is 5. The van der Waals surface area contributed by atoms with E-state index in [9.17, 15) is 4.79 Å². The predicted octanol–water partition coefficient (Wildman–Crippen LogP) is 3.92. The Morgan fingerprint density at radius 3 is 2.80 bits per heavy atom. The number of fused-ring (bicyclic) bond motifs is 1. The summed E-state index contributed by atoms with van der Waals surface area (Å²) in [6.07, 6.45) is 7.35. The van der Waals surface area contributed by atoms with Gasteiger partial charge in [0.1, 0.15) is 5.75 Å². The number of methoxy groups -OCH3 is 1. The van der Waals surface area contributed by atoms with Crippen LogP contribution >= 0.6 is 0 Å². The Labute approximate surface area is 176 Å². The van der Waals surface area contributed by atoms with Crippen LogP contribution in [-0.2, 0) is 17.6 Å². The summed E-state index contributed by atoms with van der Waals surface area (Å²) < 4.78 is 5.26. The monoisotopic (exact) mass is 402 g/mol. The Hall–Kier alpha value is -3.28. The molecule has 0 saturated carbocycles. The lowest BCUT2D eigenvalue weighted by atomic mass is 9.74. The molecule has 2 aromatic heterocycles. The number of ether oxygens (including phenoxy) is 1. The summed E-state index contributed by atoms with van der Waals surface area (Å²) in [5, 5.41) is 3.21. The van der Waals surface area contributed by atoms with Crippen molar-refractivity contribution in [2.75, 3.05) is 7.11 Å². The molecule has 4 rings (SSSR count). The minimum atomic E-state index is -0.103. The van der Waals surface area contributed by atoms with Gasteiger partial charge in [0.25, 0.3) is 0 Å². The van der Waals surface area contributed by atoms with Gasteiger partial charge in [0.05, 0.1) is 25.3 Å². The lowest BCUT2D eigenvalue weighted by Gasteiger charge is -2.36. The average Bonchev–Trinajstić information content (AvgIpc) is 2.73. The molecule has 1 atom stereocenters. The van der Waals surface area contributed by atoms with Gasteiger partial charge in [0, 0.05) is 29.7 Å². The first kappa shape index (κ1) is 20.0. The van der Waals surface area contributed by atoms with Crippen molar-refractivity contribution in [3.63, 3.8) is 0 Å². The van der Waals surface area contributed by atoms with Gasteiger partial charge in [0.15, 0.2) is 5.82 Å². The molecule has 6 nitrogen and oxygen atoms in total. The van der Waals surface area contributed by atoms with Gasteiger partial charge < -0.3 is 10.1 Å². The molecule has 0 saturated heterocycles. The molecule has 0 fully saturated rings. The van der Waals surface area contributed by atoms with Crippen molar-refractivity contribution in [2.24, 2.45) is 5.41 Å². The maximum atomic E-state index is 12.8. The van der Waals surface area contributed by atoms with E-state index in [-0.39, 0.29) is 17.4 Å². The average molecular weight is 402 g/mol. The number of benzene rings is 1. The second-order valence-electron chi connectivity index (χ2n) is 8.53. The molecule has 1 aromatic carbocycles. The summed E-state index contributed by atoms with van der Waals surface area (Å²) in [6, 6.07) is 11.3. The number of carbonyl (C=O) groups excluding carboxylic acids is 1. The molecule has 3 aromatic rings. The number of carbonyl (C=O) groups is 1. The van der Waals surface area contributed by atoms with Crippen LogP contribution in [0.2, 0.25) is 0 Å². The van der Waals surface area contributed by atoms with Crippen LogP contribution in [0.5, 0.6) is 5.75 Å². The number of nitrogens with zero attached hydrogens (tertiary/aromatic N) is 3. The van der Waals surface area contributed by atoms with Crippen molar-refractivity contribution in [3.8, 4) is 17.1 Å². The number of aromatic nitrogens is 3. The Balaban J connectivity index is 1.56. The lowest BCUT2D eigenvalue weighted by molar-refractivity contribution is -0.121. The third-order valence-electron chi connectivity index (χ3n) is 5.45. The Morgan fingerprint density at radius 2 is 2.03 bits per heavy atom. The van der Waals surface area contributed by atoms with E-state index in [1.165, 1.54) is 0 Å². The summed E-state index contributed by atoms with van der Waals surface area (Å²) in [4.78, 5) is 26.3. The molecule has 154 valence electrons. The second-order valence-corrected chi connectivity index (χ2v) is 8.53. The van der Waals surface area contributed by atoms with Crippen LogP contribution in [0, 0.1) is 5.41 Å². The van der Waals surface area contributed by atoms with E-state index in [4.69, 9.17) is 9.72 Å². The van der Waals surface area contributed by atoms with Crippen LogP contribution in [0.4, 0.5) is 0 Å². The standard InChI is InChI=1S/C24H26N4O2/c1-24(2)13-20(27-22(29)12-16-5-4-6-18(11-16)30-3)19-15-26-23(28-21(19)14-24)17-7-9-25-10-8-17/h4-11,15,20H,12-14H2,1-3H3,(H,27,29). The molecule has 1 amide bonds. The highest BCUT2D eigenvalue weighted by molar-refractivity contribution is 5.79. The first-order valence-electron chi connectivity index (χ1n) is 10.1. The first-order chi connectivity index (χ1) is 14.4. The molecule has 2 heterocycles. The van der Waals surface area contributed by atoms with Crippen LogP contribution in [0.1, 0.15) is 43.1 Å². The number of hydrogen-bond donors (Lipinski definition) is 1. The Morgan fingerprint density at radius 1 is 1.23 bits per heavy atom. The maximum Gasteiger partial charge on any atom is 0.224 e. The van der Waals surface area contributed by atoms with E-state index in [0.29, 0.717) is 12.2 Å². The van der Waals surface area contributed by atoms with E-state index in [0.717, 1.165) is 41.0 Å². The van der Waals surface area contributed by atoms with Crippen LogP contribution in [0.25, 0.3) is 11.4 Å². The number of pyridine rings is 1. The zero-order valence-corrected chi connectivity index (χ0v) is 17.6. The van der Waals surface area contributed by atoms with Gasteiger partial charge in [-0.05, 0) is 48.1 Å². The smallest absolute Gasteiger partial charge is 0.224 e. The van der Waals surface area contributed by atoms with Crippen molar-refractivity contribution in [3.05, 3.63) is 71.8 Å². The second kappa shape index (κ2) is 8.22. The fourth-order valence-electron chi connectivity index (χ4n) is 4.03. The van der Waals surface area contributed by atoms with Gasteiger partial charge in [0.2, 0.25) is 5.91 Å². The summed E-state index contributed by atoms with van der Waals surface area (Å²) in [7, 11) is 1.63. The third-order valence-corrected chi connectivity index (χ3v) is 5.45. The summed E-state index contributed by atoms with van der Waals surface area (Å²) in [5.41, 5.74) is 3.90. The number of rotatable bonds is 5. The zero-order valence-electron chi connectivity index (χ0n) is 17.6. The van der Waals surface area contributed by atoms with E-state index in [2.05, 4.69) is 29.1 Å². The minimum absolute atomic E-state index is 0.0184. The highest BCUT2D eigenvalue weighted by atomic mass is 16.5. The van der Waals surface area contributed by atoms with E-state index >= 15 is 0 Å². The molecule has 1 aliphatic rings. The van der Waals surface area contributed by atoms with Crippen LogP contribution in [-0.4, -0.2) is 28.0 Å². The highest BCUT2D eigenvalue weighted by Crippen LogP contribution is 2.40. The minimum Gasteiger partial charge on any atom is -0.497 e. The van der Waals surface area contributed by atoms with E-state index in [1.807, 2.05) is 42.6 Å². The fraction of sp³-hybridized carbons (Fsp3) is 0.333. The van der Waals surface area contributed by atoms with Gasteiger partial charge in [-0.25, -0.2) is 9.97 Å². The molecule has 1 unspecified atom stereocenters. The Bertz CT molecular complexity index is 1050. The highest BCUT2D eigenvalue weighted by Gasteiger charge is 2.34. The molecule has 0 aliphatic heterocycles. The molecule has 0 bridgehead atoms. The van der Waals surface area contributed by atoms with Gasteiger partial charge in [-0.15, -0.1) is 0 Å². The normalized spacial score (nSPS) is 17.1. The van der Waals surface area contributed by atoms with Gasteiger partial charge in [-0.2, -0.15) is 0 Å². The van der Waals surface area contributed by atoms with Crippen LogP contribution < -0.4 is 10.1 Å². The number of nitrogens with one attached hydrogen (secondary N) is 1. The van der Waals surface area contributed by atoms with Crippen LogP contribution in [0.15, 0.2) is 55.0 Å². The number of amides is 1. The van der Waals surface area contributed by atoms with Crippen LogP contribution in [0.3, 0.4) is 0 Å². The summed E-state index contributed by atoms with van der Waals surface area (Å²) in [6.45, 7) is 4.43. The third kappa shape index (κ3) is 4.48. The molecule has 1 aliphatic carbocycles. The molecular weight excluding hydrogens is 376 g/mol. The first-order valence-corrected chi connectivity index (χ1v) is 10.1. The molecular formula is C24H26N4O2. The molecule has 0 radical (unpaired) electrons. The van der Waals surface area contributed by atoms with Gasteiger partial charge >= 0.3 is 0 Å². The van der Waals surface area contributed by atoms with Crippen molar-refractivity contribution in [2.45, 2.75) is 39.2 Å². The fourth-order valence-corrected chi connectivity index (χ4v) is 4.03. The van der Waals surface area contributed by atoms with E-state index in [1.54, 1.807) is 19.5 Å². The van der Waals surface area contributed by atoms with Crippen molar-refractivity contribution in [1.29, 1.82) is 0 Å². The topological polar surface area (TPSA) is 77.0 Å². The molecule has 0 spiro atoms. The quantitative estimate of drug-likeness (QED) is 0.700. The largest absolute Gasteiger partial charge is 0.497 e. The molecule has 6 heteroatoms. The van der Waals surface area contributed by atoms with Crippen molar-refractivity contribution in [1.82, 2.24) is 20.3 Å². The van der Waals surface area contributed by atoms with Gasteiger partial charge in [-0.1, -0.05) is 26.0 Å². The van der Waals surface area contributed by atoms with Gasteiger partial charge in [-0.3, -0.25) is 9.78 Å². The molecule has 1 N–H and O–H groups in total. The summed E-state index contributed by atoms with van der Waals surface area (Å²) >= 11 is 0. The predicted molar refractivity (Wildman–Crippen MR) is 115 cm³/mol. The maximum absolute atomic E-state index is 12.8. The van der Waals surface area contributed by atoms with Crippen molar-refractivity contribution >= 4 is 5.91 Å². The Kier molecular flexibility index (Phi) is 5.48. The summed E-state index contributed by atoms with van der Waals surface area (Å²) in [5.74, 6) is 1.42. The van der Waals surface area contributed by atoms with Crippen molar-refractivity contribution < 1.29 is 9.53 Å².